The molecule has 4 nitrogen and oxygen atoms in total. The smallest absolute Gasteiger partial charge is 0.115 e. The Balaban J connectivity index is 1.62. The fraction of sp³-hybridized carbons (Fsp3) is 0.455. The standard InChI is InChI=1S/C22H29NO3/c1-17(21(25)19-8-10-20(24)11-9-19)23-14-12-22(26-2,13-15-23)16-18-6-4-3-5-7-18/h3-11,17,21,24-25H,12-16H2,1-2H3/t17-,21+/m0/s1. The van der Waals surface area contributed by atoms with Crippen molar-refractivity contribution in [2.24, 2.45) is 0 Å². The van der Waals surface area contributed by atoms with Crippen LogP contribution in [0.2, 0.25) is 0 Å². The second kappa shape index (κ2) is 8.21. The number of hydrogen-bond acceptors (Lipinski definition) is 4. The van der Waals surface area contributed by atoms with Crippen molar-refractivity contribution in [1.82, 2.24) is 4.90 Å². The molecule has 0 aliphatic carbocycles. The molecular formula is C22H29NO3. The lowest BCUT2D eigenvalue weighted by Crippen LogP contribution is -2.50. The van der Waals surface area contributed by atoms with Gasteiger partial charge in [0.1, 0.15) is 5.75 Å². The molecule has 1 heterocycles. The highest BCUT2D eigenvalue weighted by Crippen LogP contribution is 2.32. The SMILES string of the molecule is COC1(Cc2ccccc2)CCN([C@@H](C)[C@@H](O)c2ccc(O)cc2)CC1. The van der Waals surface area contributed by atoms with Crippen molar-refractivity contribution < 1.29 is 14.9 Å². The molecule has 0 saturated carbocycles. The number of phenolic OH excluding ortho intramolecular Hbond substituents is 1. The van der Waals surface area contributed by atoms with E-state index in [4.69, 9.17) is 4.74 Å². The maximum atomic E-state index is 10.7. The van der Waals surface area contributed by atoms with Gasteiger partial charge in [-0.05, 0) is 43.0 Å². The third kappa shape index (κ3) is 4.26. The van der Waals surface area contributed by atoms with Crippen LogP contribution in [0.1, 0.15) is 37.0 Å². The molecule has 0 radical (unpaired) electrons. The molecule has 0 unspecified atom stereocenters. The number of rotatable bonds is 6. The molecule has 2 aromatic carbocycles. The molecule has 3 rings (SSSR count). The van der Waals surface area contributed by atoms with Crippen molar-refractivity contribution in [2.75, 3.05) is 20.2 Å². The zero-order valence-corrected chi connectivity index (χ0v) is 15.6. The molecule has 1 saturated heterocycles. The minimum absolute atomic E-state index is 0.0196. The molecule has 1 aliphatic rings. The van der Waals surface area contributed by atoms with Crippen LogP contribution in [0.25, 0.3) is 0 Å². The van der Waals surface area contributed by atoms with Gasteiger partial charge in [-0.25, -0.2) is 0 Å². The maximum Gasteiger partial charge on any atom is 0.115 e. The first-order chi connectivity index (χ1) is 12.5. The first-order valence-electron chi connectivity index (χ1n) is 9.33. The van der Waals surface area contributed by atoms with Gasteiger partial charge in [-0.3, -0.25) is 4.90 Å². The van der Waals surface area contributed by atoms with Crippen LogP contribution in [-0.2, 0) is 11.2 Å². The maximum absolute atomic E-state index is 10.7. The number of phenols is 1. The molecule has 1 fully saturated rings. The average Bonchev–Trinajstić information content (AvgIpc) is 2.69. The summed E-state index contributed by atoms with van der Waals surface area (Å²) in [5, 5.41) is 20.1. The molecule has 2 aromatic rings. The number of aliphatic hydroxyl groups is 1. The number of aliphatic hydroxyl groups excluding tert-OH is 1. The molecule has 26 heavy (non-hydrogen) atoms. The summed E-state index contributed by atoms with van der Waals surface area (Å²) in [4.78, 5) is 2.33. The molecule has 2 N–H and O–H groups in total. The van der Waals surface area contributed by atoms with Crippen LogP contribution < -0.4 is 0 Å². The van der Waals surface area contributed by atoms with E-state index >= 15 is 0 Å². The second-order valence-corrected chi connectivity index (χ2v) is 7.36. The third-order valence-corrected chi connectivity index (χ3v) is 5.78. The quantitative estimate of drug-likeness (QED) is 0.832. The number of methoxy groups -OCH3 is 1. The third-order valence-electron chi connectivity index (χ3n) is 5.78. The molecule has 140 valence electrons. The van der Waals surface area contributed by atoms with Crippen LogP contribution in [0.4, 0.5) is 0 Å². The minimum Gasteiger partial charge on any atom is -0.508 e. The van der Waals surface area contributed by atoms with E-state index in [9.17, 15) is 10.2 Å². The fourth-order valence-corrected chi connectivity index (χ4v) is 3.91. The van der Waals surface area contributed by atoms with Crippen molar-refractivity contribution in [2.45, 2.75) is 43.9 Å². The molecular weight excluding hydrogens is 326 g/mol. The lowest BCUT2D eigenvalue weighted by Gasteiger charge is -2.44. The van der Waals surface area contributed by atoms with Crippen LogP contribution in [0.15, 0.2) is 54.6 Å². The highest BCUT2D eigenvalue weighted by atomic mass is 16.5. The van der Waals surface area contributed by atoms with E-state index < -0.39 is 6.10 Å². The Morgan fingerprint density at radius 3 is 2.23 bits per heavy atom. The highest BCUT2D eigenvalue weighted by Gasteiger charge is 2.37. The van der Waals surface area contributed by atoms with E-state index in [0.717, 1.165) is 37.9 Å². The predicted octanol–water partition coefficient (Wildman–Crippen LogP) is 3.54. The summed E-state index contributed by atoms with van der Waals surface area (Å²) in [5.41, 5.74) is 2.02. The van der Waals surface area contributed by atoms with Crippen LogP contribution in [0.5, 0.6) is 5.75 Å². The number of nitrogens with zero attached hydrogens (tertiary/aromatic N) is 1. The van der Waals surface area contributed by atoms with E-state index in [0.29, 0.717) is 0 Å². The van der Waals surface area contributed by atoms with E-state index in [1.54, 1.807) is 24.3 Å². The molecule has 0 amide bonds. The topological polar surface area (TPSA) is 52.9 Å². The summed E-state index contributed by atoms with van der Waals surface area (Å²) in [6.45, 7) is 3.86. The molecule has 0 spiro atoms. The van der Waals surface area contributed by atoms with Gasteiger partial charge in [0, 0.05) is 32.7 Å². The number of piperidine rings is 1. The van der Waals surface area contributed by atoms with E-state index in [1.807, 2.05) is 13.2 Å². The van der Waals surface area contributed by atoms with Gasteiger partial charge in [-0.1, -0.05) is 42.5 Å². The van der Waals surface area contributed by atoms with Crippen molar-refractivity contribution in [3.63, 3.8) is 0 Å². The first-order valence-corrected chi connectivity index (χ1v) is 9.33. The Bertz CT molecular complexity index is 678. The summed E-state index contributed by atoms with van der Waals surface area (Å²) in [6.07, 6.45) is 2.25. The Labute approximate surface area is 156 Å². The van der Waals surface area contributed by atoms with Gasteiger partial charge < -0.3 is 14.9 Å². The first kappa shape index (κ1) is 18.9. The lowest BCUT2D eigenvalue weighted by molar-refractivity contribution is -0.0723. The van der Waals surface area contributed by atoms with E-state index in [1.165, 1.54) is 5.56 Å². The van der Waals surface area contributed by atoms with Crippen molar-refractivity contribution in [3.8, 4) is 5.75 Å². The normalized spacial score (nSPS) is 19.8. The Kier molecular flexibility index (Phi) is 5.97. The summed E-state index contributed by atoms with van der Waals surface area (Å²) < 4.78 is 5.95. The monoisotopic (exact) mass is 355 g/mol. The van der Waals surface area contributed by atoms with Crippen LogP contribution in [0, 0.1) is 0 Å². The van der Waals surface area contributed by atoms with Crippen LogP contribution in [-0.4, -0.2) is 47.0 Å². The Hall–Kier alpha value is -1.88. The number of likely N-dealkylation sites (tertiary alicyclic amines) is 1. The van der Waals surface area contributed by atoms with Gasteiger partial charge in [0.15, 0.2) is 0 Å². The van der Waals surface area contributed by atoms with Gasteiger partial charge >= 0.3 is 0 Å². The second-order valence-electron chi connectivity index (χ2n) is 7.36. The van der Waals surface area contributed by atoms with Gasteiger partial charge in [0.2, 0.25) is 0 Å². The largest absolute Gasteiger partial charge is 0.508 e. The summed E-state index contributed by atoms with van der Waals surface area (Å²) in [6, 6.07) is 17.3. The van der Waals surface area contributed by atoms with Crippen molar-refractivity contribution in [3.05, 3.63) is 65.7 Å². The number of aromatic hydroxyl groups is 1. The molecule has 0 bridgehead atoms. The fourth-order valence-electron chi connectivity index (χ4n) is 3.91. The van der Waals surface area contributed by atoms with E-state index in [-0.39, 0.29) is 17.4 Å². The highest BCUT2D eigenvalue weighted by molar-refractivity contribution is 5.28. The molecule has 0 aromatic heterocycles. The Morgan fingerprint density at radius 1 is 1.04 bits per heavy atom. The zero-order chi connectivity index (χ0) is 18.6. The summed E-state index contributed by atoms with van der Waals surface area (Å²) >= 11 is 0. The Morgan fingerprint density at radius 2 is 1.65 bits per heavy atom. The van der Waals surface area contributed by atoms with Gasteiger partial charge in [-0.15, -0.1) is 0 Å². The average molecular weight is 355 g/mol. The van der Waals surface area contributed by atoms with E-state index in [2.05, 4.69) is 36.1 Å². The number of ether oxygens (including phenoxy) is 1. The van der Waals surface area contributed by atoms with Crippen LogP contribution in [0.3, 0.4) is 0 Å². The summed E-state index contributed by atoms with van der Waals surface area (Å²) in [5.74, 6) is 0.220. The number of hydrogen-bond donors (Lipinski definition) is 2. The van der Waals surface area contributed by atoms with Gasteiger partial charge in [0.25, 0.3) is 0 Å². The zero-order valence-electron chi connectivity index (χ0n) is 15.6. The molecule has 2 atom stereocenters. The van der Waals surface area contributed by atoms with Crippen LogP contribution >= 0.6 is 0 Å². The summed E-state index contributed by atoms with van der Waals surface area (Å²) in [7, 11) is 1.81. The number of benzene rings is 2. The van der Waals surface area contributed by atoms with Crippen molar-refractivity contribution >= 4 is 0 Å². The molecule has 1 aliphatic heterocycles. The van der Waals surface area contributed by atoms with Crippen molar-refractivity contribution in [1.29, 1.82) is 0 Å². The van der Waals surface area contributed by atoms with Gasteiger partial charge in [0.05, 0.1) is 11.7 Å². The minimum atomic E-state index is -0.570. The lowest BCUT2D eigenvalue weighted by atomic mass is 9.84. The predicted molar refractivity (Wildman–Crippen MR) is 103 cm³/mol. The van der Waals surface area contributed by atoms with Gasteiger partial charge in [-0.2, -0.15) is 0 Å². The molecule has 4 heteroatoms.